The Labute approximate surface area is 156 Å². The second kappa shape index (κ2) is 8.88. The molecule has 3 rings (SSSR count). The van der Waals surface area contributed by atoms with Crippen molar-refractivity contribution in [1.82, 2.24) is 25.8 Å². The zero-order chi connectivity index (χ0) is 19.1. The van der Waals surface area contributed by atoms with Gasteiger partial charge in [-0.2, -0.15) is 5.26 Å². The van der Waals surface area contributed by atoms with E-state index >= 15 is 0 Å². The molecule has 0 spiro atoms. The first-order valence-corrected chi connectivity index (χ1v) is 8.48. The number of ether oxygens (including phenoxy) is 1. The summed E-state index contributed by atoms with van der Waals surface area (Å²) in [6, 6.07) is 7.02. The van der Waals surface area contributed by atoms with Crippen molar-refractivity contribution < 1.29 is 9.53 Å². The van der Waals surface area contributed by atoms with Gasteiger partial charge in [0.05, 0.1) is 24.0 Å². The van der Waals surface area contributed by atoms with E-state index in [1.54, 1.807) is 18.2 Å². The molecule has 4 N–H and O–H groups in total. The average Bonchev–Trinajstić information content (AvgIpc) is 2.73. The van der Waals surface area contributed by atoms with Crippen LogP contribution in [-0.2, 0) is 4.74 Å². The third kappa shape index (κ3) is 4.87. The third-order valence-corrected chi connectivity index (χ3v) is 3.91. The van der Waals surface area contributed by atoms with Gasteiger partial charge in [0.2, 0.25) is 0 Å². The summed E-state index contributed by atoms with van der Waals surface area (Å²) in [5.74, 6) is 0.600. The van der Waals surface area contributed by atoms with Crippen LogP contribution < -0.4 is 21.3 Å². The van der Waals surface area contributed by atoms with Gasteiger partial charge in [0.25, 0.3) is 5.91 Å². The molecule has 10 nitrogen and oxygen atoms in total. The minimum absolute atomic E-state index is 0.000977. The van der Waals surface area contributed by atoms with Crippen molar-refractivity contribution in [3.8, 4) is 6.07 Å². The van der Waals surface area contributed by atoms with E-state index in [0.717, 1.165) is 13.1 Å². The number of nitrogens with zero attached hydrogens (tertiary/aromatic N) is 4. The van der Waals surface area contributed by atoms with Crippen molar-refractivity contribution in [3.63, 3.8) is 0 Å². The van der Waals surface area contributed by atoms with Gasteiger partial charge in [-0.25, -0.2) is 4.98 Å². The number of nitrogens with one attached hydrogen (secondary N) is 4. The van der Waals surface area contributed by atoms with E-state index < -0.39 is 0 Å². The summed E-state index contributed by atoms with van der Waals surface area (Å²) in [5, 5.41) is 28.9. The minimum atomic E-state index is -0.337. The van der Waals surface area contributed by atoms with Crippen molar-refractivity contribution in [2.45, 2.75) is 6.10 Å². The van der Waals surface area contributed by atoms with E-state index in [1.807, 2.05) is 6.07 Å². The molecule has 1 fully saturated rings. The number of aromatic nitrogens is 3. The Balaban J connectivity index is 1.76. The van der Waals surface area contributed by atoms with Gasteiger partial charge in [0.1, 0.15) is 11.9 Å². The predicted octanol–water partition coefficient (Wildman–Crippen LogP) is 0.247. The van der Waals surface area contributed by atoms with Crippen molar-refractivity contribution in [1.29, 1.82) is 5.26 Å². The Bertz CT molecular complexity index is 828. The molecule has 0 bridgehead atoms. The molecule has 27 heavy (non-hydrogen) atoms. The molecule has 1 aliphatic heterocycles. The van der Waals surface area contributed by atoms with Crippen LogP contribution in [0.3, 0.4) is 0 Å². The minimum Gasteiger partial charge on any atom is -0.380 e. The van der Waals surface area contributed by atoms with Gasteiger partial charge in [-0.15, -0.1) is 10.2 Å². The van der Waals surface area contributed by atoms with E-state index in [-0.39, 0.29) is 17.7 Å². The van der Waals surface area contributed by atoms with E-state index in [4.69, 9.17) is 10.00 Å². The summed E-state index contributed by atoms with van der Waals surface area (Å²) in [6.45, 7) is 2.75. The van der Waals surface area contributed by atoms with Crippen LogP contribution in [0, 0.1) is 11.3 Å². The summed E-state index contributed by atoms with van der Waals surface area (Å²) in [7, 11) is 1.54. The average molecular weight is 368 g/mol. The first-order valence-electron chi connectivity index (χ1n) is 8.48. The van der Waals surface area contributed by atoms with Gasteiger partial charge >= 0.3 is 0 Å². The molecule has 1 saturated heterocycles. The molecule has 0 aliphatic carbocycles. The molecule has 0 aromatic carbocycles. The second-order valence-electron chi connectivity index (χ2n) is 5.82. The summed E-state index contributed by atoms with van der Waals surface area (Å²) in [4.78, 5) is 16.2. The molecule has 140 valence electrons. The number of nitriles is 1. The molecule has 1 aliphatic rings. The second-order valence-corrected chi connectivity index (χ2v) is 5.82. The number of rotatable bonds is 6. The molecule has 1 amide bonds. The first kappa shape index (κ1) is 18.5. The normalized spacial score (nSPS) is 16.2. The largest absolute Gasteiger partial charge is 0.380 e. The maximum atomic E-state index is 12.1. The number of carbonyl (C=O) groups excluding carboxylic acids is 1. The Hall–Kier alpha value is -3.29. The number of amides is 1. The zero-order valence-electron chi connectivity index (χ0n) is 14.8. The van der Waals surface area contributed by atoms with E-state index in [9.17, 15) is 4.79 Å². The van der Waals surface area contributed by atoms with E-state index in [0.29, 0.717) is 36.0 Å². The molecule has 2 aromatic rings. The van der Waals surface area contributed by atoms with Gasteiger partial charge in [-0.1, -0.05) is 0 Å². The van der Waals surface area contributed by atoms with Gasteiger partial charge in [-0.05, 0) is 12.1 Å². The number of hydrogen-bond acceptors (Lipinski definition) is 9. The lowest BCUT2D eigenvalue weighted by Gasteiger charge is -2.24. The summed E-state index contributed by atoms with van der Waals surface area (Å²) in [5.41, 5.74) is 1.19. The molecule has 0 unspecified atom stereocenters. The Morgan fingerprint density at radius 3 is 2.96 bits per heavy atom. The van der Waals surface area contributed by atoms with Crippen LogP contribution in [0.4, 0.5) is 17.3 Å². The highest BCUT2D eigenvalue weighted by atomic mass is 16.5. The Morgan fingerprint density at radius 2 is 2.30 bits per heavy atom. The van der Waals surface area contributed by atoms with Crippen molar-refractivity contribution in [3.05, 3.63) is 35.7 Å². The highest BCUT2D eigenvalue weighted by Gasteiger charge is 2.17. The quantitative estimate of drug-likeness (QED) is 0.565. The lowest BCUT2D eigenvalue weighted by atomic mass is 10.2. The fraction of sp³-hybridized carbons (Fsp3) is 0.353. The van der Waals surface area contributed by atoms with Crippen molar-refractivity contribution >= 4 is 23.2 Å². The number of pyridine rings is 1. The SMILES string of the molecule is CNC(=O)c1nnc(Nc2ccc(C#N)cn2)cc1NC[C@H]1CNCCO1. The number of anilines is 3. The van der Waals surface area contributed by atoms with Crippen molar-refractivity contribution in [2.75, 3.05) is 43.9 Å². The Morgan fingerprint density at radius 1 is 1.41 bits per heavy atom. The number of morpholine rings is 1. The fourth-order valence-corrected chi connectivity index (χ4v) is 2.51. The lowest BCUT2D eigenvalue weighted by Crippen LogP contribution is -2.42. The molecule has 1 atom stereocenters. The lowest BCUT2D eigenvalue weighted by molar-refractivity contribution is 0.0372. The first-order chi connectivity index (χ1) is 13.2. The van der Waals surface area contributed by atoms with Gasteiger partial charge in [0, 0.05) is 38.9 Å². The molecule has 3 heterocycles. The molecule has 0 radical (unpaired) electrons. The highest BCUT2D eigenvalue weighted by molar-refractivity contribution is 5.97. The van der Waals surface area contributed by atoms with Crippen LogP contribution in [0.25, 0.3) is 0 Å². The summed E-state index contributed by atoms with van der Waals surface area (Å²) in [6.07, 6.45) is 1.46. The number of carbonyl (C=O) groups is 1. The van der Waals surface area contributed by atoms with Crippen LogP contribution in [0.5, 0.6) is 0 Å². The van der Waals surface area contributed by atoms with Crippen LogP contribution in [0.2, 0.25) is 0 Å². The Kier molecular flexibility index (Phi) is 6.09. The highest BCUT2D eigenvalue weighted by Crippen LogP contribution is 2.19. The van der Waals surface area contributed by atoms with Crippen molar-refractivity contribution in [2.24, 2.45) is 0 Å². The maximum absolute atomic E-state index is 12.1. The number of hydrogen-bond donors (Lipinski definition) is 4. The zero-order valence-corrected chi connectivity index (χ0v) is 14.8. The van der Waals surface area contributed by atoms with Gasteiger partial charge in [-0.3, -0.25) is 4.79 Å². The molecule has 0 saturated carbocycles. The maximum Gasteiger partial charge on any atom is 0.273 e. The topological polar surface area (TPSA) is 137 Å². The van der Waals surface area contributed by atoms with Crippen LogP contribution >= 0.6 is 0 Å². The smallest absolute Gasteiger partial charge is 0.273 e. The van der Waals surface area contributed by atoms with Crippen LogP contribution in [-0.4, -0.2) is 60.5 Å². The molecule has 2 aromatic heterocycles. The van der Waals surface area contributed by atoms with E-state index in [2.05, 4.69) is 36.4 Å². The molecular weight excluding hydrogens is 348 g/mol. The molecule has 10 heteroatoms. The van der Waals surface area contributed by atoms with Gasteiger partial charge < -0.3 is 26.0 Å². The summed E-state index contributed by atoms with van der Waals surface area (Å²) < 4.78 is 5.66. The molecular formula is C17H20N8O2. The van der Waals surface area contributed by atoms with E-state index in [1.165, 1.54) is 13.2 Å². The van der Waals surface area contributed by atoms with Crippen LogP contribution in [0.1, 0.15) is 16.1 Å². The van der Waals surface area contributed by atoms with Crippen LogP contribution in [0.15, 0.2) is 24.4 Å². The predicted molar refractivity (Wildman–Crippen MR) is 98.8 cm³/mol. The van der Waals surface area contributed by atoms with Gasteiger partial charge in [0.15, 0.2) is 11.5 Å². The monoisotopic (exact) mass is 368 g/mol. The fourth-order valence-electron chi connectivity index (χ4n) is 2.51. The standard InChI is InChI=1S/C17H20N8O2/c1-19-17(26)16-13(21-10-12-9-20-4-5-27-12)6-15(24-25-16)23-14-3-2-11(7-18)8-22-14/h2-3,6,8,12,20H,4-5,9-10H2,1H3,(H,19,26)(H2,21,22,23,24)/t12-/m1/s1. The summed E-state index contributed by atoms with van der Waals surface area (Å²) >= 11 is 0. The third-order valence-electron chi connectivity index (χ3n) is 3.91.